The van der Waals surface area contributed by atoms with Crippen molar-refractivity contribution in [2.24, 2.45) is 4.40 Å². The number of benzene rings is 2. The molecule has 2 aliphatic rings. The minimum Gasteiger partial charge on any atom is -0.350 e. The molecule has 164 valence electrons. The summed E-state index contributed by atoms with van der Waals surface area (Å²) in [5.41, 5.74) is 1.51. The van der Waals surface area contributed by atoms with Crippen LogP contribution in [0.25, 0.3) is 5.69 Å². The fourth-order valence-electron chi connectivity index (χ4n) is 4.17. The lowest BCUT2D eigenvalue weighted by atomic mass is 10.1. The number of hydrogen-bond acceptors (Lipinski definition) is 5. The number of imidazole rings is 1. The van der Waals surface area contributed by atoms with Gasteiger partial charge >= 0.3 is 0 Å². The Balaban J connectivity index is 1.31. The molecule has 1 atom stereocenters. The minimum absolute atomic E-state index is 0.158. The number of carbonyl (C=O) groups excluding carboxylic acids is 1. The summed E-state index contributed by atoms with van der Waals surface area (Å²) in [5, 5.41) is 2.85. The van der Waals surface area contributed by atoms with Crippen LogP contribution < -0.4 is 5.32 Å². The number of fused-ring (bicyclic) bond motifs is 1. The van der Waals surface area contributed by atoms with Crippen LogP contribution in [0.2, 0.25) is 0 Å². The molecule has 2 aliphatic heterocycles. The molecule has 2 aromatic carbocycles. The van der Waals surface area contributed by atoms with Crippen LogP contribution in [0.1, 0.15) is 24.0 Å². The number of aromatic nitrogens is 2. The number of rotatable bonds is 4. The molecular weight excluding hydrogens is 433 g/mol. The Morgan fingerprint density at radius 2 is 2.06 bits per heavy atom. The molecule has 1 amide bonds. The smallest absolute Gasteiger partial charge is 0.285 e. The van der Waals surface area contributed by atoms with Gasteiger partial charge in [0, 0.05) is 31.0 Å². The first-order chi connectivity index (χ1) is 15.4. The van der Waals surface area contributed by atoms with Gasteiger partial charge in [-0.1, -0.05) is 18.2 Å². The van der Waals surface area contributed by atoms with Crippen LogP contribution >= 0.6 is 0 Å². The minimum atomic E-state index is -3.76. The van der Waals surface area contributed by atoms with Gasteiger partial charge in [0.2, 0.25) is 5.91 Å². The molecule has 32 heavy (non-hydrogen) atoms. The fraction of sp³-hybridized carbons (Fsp3) is 0.227. The van der Waals surface area contributed by atoms with E-state index in [1.165, 1.54) is 18.5 Å². The average Bonchev–Trinajstić information content (AvgIpc) is 3.52. The third-order valence-corrected chi connectivity index (χ3v) is 7.03. The van der Waals surface area contributed by atoms with Crippen molar-refractivity contribution in [1.29, 1.82) is 0 Å². The Morgan fingerprint density at radius 1 is 1.22 bits per heavy atom. The quantitative estimate of drug-likeness (QED) is 0.654. The van der Waals surface area contributed by atoms with Gasteiger partial charge in [-0.3, -0.25) is 4.79 Å². The van der Waals surface area contributed by atoms with Gasteiger partial charge in [-0.05, 0) is 42.7 Å². The first-order valence-electron chi connectivity index (χ1n) is 10.2. The second-order valence-corrected chi connectivity index (χ2v) is 9.28. The van der Waals surface area contributed by atoms with E-state index in [9.17, 15) is 17.6 Å². The van der Waals surface area contributed by atoms with Crippen molar-refractivity contribution in [3.63, 3.8) is 0 Å². The van der Waals surface area contributed by atoms with Crippen molar-refractivity contribution in [1.82, 2.24) is 19.8 Å². The zero-order chi connectivity index (χ0) is 22.3. The molecule has 1 N–H and O–H groups in total. The molecule has 10 heteroatoms. The van der Waals surface area contributed by atoms with Crippen LogP contribution in [0.15, 0.2) is 70.5 Å². The van der Waals surface area contributed by atoms with Gasteiger partial charge < -0.3 is 14.8 Å². The predicted molar refractivity (Wildman–Crippen MR) is 115 cm³/mol. The number of hydrogen-bond donors (Lipinski definition) is 1. The van der Waals surface area contributed by atoms with Gasteiger partial charge in [0.1, 0.15) is 16.8 Å². The molecule has 8 nitrogen and oxygen atoms in total. The molecule has 1 saturated heterocycles. The number of nitrogens with zero attached hydrogens (tertiary/aromatic N) is 4. The molecule has 1 fully saturated rings. The normalized spacial score (nSPS) is 19.0. The topological polar surface area (TPSA) is 96.7 Å². The number of likely N-dealkylation sites (tertiary alicyclic amines) is 1. The molecular formula is C22H20FN5O3S. The lowest BCUT2D eigenvalue weighted by Gasteiger charge is -2.25. The molecule has 3 aromatic rings. The lowest BCUT2D eigenvalue weighted by Crippen LogP contribution is -2.45. The maximum atomic E-state index is 14.5. The molecule has 0 unspecified atom stereocenters. The summed E-state index contributed by atoms with van der Waals surface area (Å²) >= 11 is 0. The zero-order valence-electron chi connectivity index (χ0n) is 17.0. The van der Waals surface area contributed by atoms with Crippen molar-refractivity contribution in [3.05, 3.63) is 78.1 Å². The van der Waals surface area contributed by atoms with Crippen LogP contribution in [-0.2, 0) is 21.4 Å². The fourth-order valence-corrected chi connectivity index (χ4v) is 5.38. The summed E-state index contributed by atoms with van der Waals surface area (Å²) in [4.78, 5) is 18.8. The van der Waals surface area contributed by atoms with Gasteiger partial charge in [-0.25, -0.2) is 9.37 Å². The first-order valence-corrected chi connectivity index (χ1v) is 11.6. The summed E-state index contributed by atoms with van der Waals surface area (Å²) in [7, 11) is -3.76. The second-order valence-electron chi connectivity index (χ2n) is 7.71. The maximum Gasteiger partial charge on any atom is 0.285 e. The monoisotopic (exact) mass is 453 g/mol. The molecule has 0 bridgehead atoms. The third-order valence-electron chi connectivity index (χ3n) is 5.70. The Labute approximate surface area is 184 Å². The van der Waals surface area contributed by atoms with Crippen LogP contribution in [0.5, 0.6) is 0 Å². The van der Waals surface area contributed by atoms with Gasteiger partial charge in [0.25, 0.3) is 10.0 Å². The largest absolute Gasteiger partial charge is 0.350 e. The van der Waals surface area contributed by atoms with E-state index in [1.807, 2.05) is 0 Å². The van der Waals surface area contributed by atoms with Crippen molar-refractivity contribution in [2.45, 2.75) is 30.3 Å². The number of nitrogens with one attached hydrogen (secondary N) is 1. The highest BCUT2D eigenvalue weighted by Crippen LogP contribution is 2.31. The van der Waals surface area contributed by atoms with Crippen molar-refractivity contribution in [3.8, 4) is 5.69 Å². The zero-order valence-corrected chi connectivity index (χ0v) is 17.8. The van der Waals surface area contributed by atoms with E-state index in [0.29, 0.717) is 35.6 Å². The van der Waals surface area contributed by atoms with Crippen LogP contribution in [0.3, 0.4) is 0 Å². The van der Waals surface area contributed by atoms with E-state index < -0.39 is 21.9 Å². The van der Waals surface area contributed by atoms with Crippen LogP contribution in [0.4, 0.5) is 4.39 Å². The highest BCUT2D eigenvalue weighted by Gasteiger charge is 2.39. The van der Waals surface area contributed by atoms with E-state index >= 15 is 0 Å². The standard InChI is InChI=1S/C22H20FN5O3S/c23-17-12-15(7-8-18(17)27-11-9-24-14-27)13-25-22(29)19-5-3-10-28(19)21-16-4-1-2-6-20(16)32(30,31)26-21/h1-2,4,6-9,11-12,14,19H,3,5,10,13H2,(H,25,29)/t19-/m0/s1. The van der Waals surface area contributed by atoms with Gasteiger partial charge in [-0.15, -0.1) is 4.40 Å². The second kappa shape index (κ2) is 7.86. The number of halogens is 1. The van der Waals surface area contributed by atoms with E-state index in [-0.39, 0.29) is 17.3 Å². The van der Waals surface area contributed by atoms with Crippen molar-refractivity contribution >= 4 is 21.8 Å². The number of sulfonamides is 1. The molecule has 0 radical (unpaired) electrons. The predicted octanol–water partition coefficient (Wildman–Crippen LogP) is 2.24. The number of amidine groups is 1. The van der Waals surface area contributed by atoms with E-state index in [2.05, 4.69) is 14.7 Å². The molecule has 3 heterocycles. The Hall–Kier alpha value is -3.53. The van der Waals surface area contributed by atoms with Gasteiger partial charge in [0.15, 0.2) is 5.84 Å². The summed E-state index contributed by atoms with van der Waals surface area (Å²) in [6.07, 6.45) is 6.06. The Kier molecular flexibility index (Phi) is 5.01. The molecule has 1 aromatic heterocycles. The SMILES string of the molecule is O=C(NCc1ccc(-n2ccnc2)c(F)c1)[C@@H]1CCCN1C1=NS(=O)(=O)c2ccccc21. The number of carbonyl (C=O) groups is 1. The Morgan fingerprint density at radius 3 is 2.84 bits per heavy atom. The lowest BCUT2D eigenvalue weighted by molar-refractivity contribution is -0.124. The first kappa shape index (κ1) is 20.4. The van der Waals surface area contributed by atoms with Gasteiger partial charge in [0.05, 0.1) is 12.0 Å². The van der Waals surface area contributed by atoms with E-state index in [1.54, 1.807) is 52.2 Å². The molecule has 0 spiro atoms. The summed E-state index contributed by atoms with van der Waals surface area (Å²) in [6, 6.07) is 10.9. The summed E-state index contributed by atoms with van der Waals surface area (Å²) in [5.74, 6) is -0.348. The molecule has 0 aliphatic carbocycles. The molecule has 0 saturated carbocycles. The van der Waals surface area contributed by atoms with Crippen molar-refractivity contribution in [2.75, 3.05) is 6.54 Å². The molecule has 5 rings (SSSR count). The average molecular weight is 453 g/mol. The highest BCUT2D eigenvalue weighted by molar-refractivity contribution is 7.90. The number of amides is 1. The van der Waals surface area contributed by atoms with Crippen LogP contribution in [0, 0.1) is 5.82 Å². The van der Waals surface area contributed by atoms with E-state index in [0.717, 1.165) is 6.42 Å². The van der Waals surface area contributed by atoms with Gasteiger partial charge in [-0.2, -0.15) is 8.42 Å². The van der Waals surface area contributed by atoms with Crippen LogP contribution in [-0.4, -0.2) is 47.2 Å². The highest BCUT2D eigenvalue weighted by atomic mass is 32.2. The van der Waals surface area contributed by atoms with E-state index in [4.69, 9.17) is 0 Å². The maximum absolute atomic E-state index is 14.5. The summed E-state index contributed by atoms with van der Waals surface area (Å²) in [6.45, 7) is 0.695. The summed E-state index contributed by atoms with van der Waals surface area (Å²) < 4.78 is 44.8. The van der Waals surface area contributed by atoms with Crippen molar-refractivity contribution < 1.29 is 17.6 Å². The Bertz CT molecular complexity index is 1320. The third kappa shape index (κ3) is 3.56.